The topological polar surface area (TPSA) is 29.5 Å². The van der Waals surface area contributed by atoms with Crippen molar-refractivity contribution in [3.05, 3.63) is 48.2 Å². The molecule has 0 saturated carbocycles. The summed E-state index contributed by atoms with van der Waals surface area (Å²) >= 11 is -2.11. The molecule has 5 heteroatoms. The Morgan fingerprint density at radius 2 is 2.00 bits per heavy atom. The van der Waals surface area contributed by atoms with Crippen LogP contribution in [0.4, 0.5) is 0 Å². The summed E-state index contributed by atoms with van der Waals surface area (Å²) < 4.78 is 5.12. The molecule has 0 spiro atoms. The van der Waals surface area contributed by atoms with E-state index in [-0.39, 0.29) is 18.0 Å². The molecular formula is C11H13Cl2GeO2. The predicted molar refractivity (Wildman–Crippen MR) is 68.8 cm³/mol. The Bertz CT molecular complexity index is 317. The van der Waals surface area contributed by atoms with Gasteiger partial charge in [-0.25, -0.2) is 0 Å². The Balaban J connectivity index is 2.65. The van der Waals surface area contributed by atoms with Gasteiger partial charge in [0.1, 0.15) is 0 Å². The van der Waals surface area contributed by atoms with Crippen LogP contribution in [0, 0.1) is 0 Å². The molecule has 87 valence electrons. The van der Waals surface area contributed by atoms with Crippen LogP contribution in [0.1, 0.15) is 10.3 Å². The molecule has 1 aromatic carbocycles. The van der Waals surface area contributed by atoms with Crippen LogP contribution < -0.4 is 0 Å². The van der Waals surface area contributed by atoms with E-state index in [2.05, 4.69) is 0 Å². The third-order valence-corrected chi connectivity index (χ3v) is 6.50. The van der Waals surface area contributed by atoms with E-state index in [4.69, 9.17) is 29.9 Å². The molecule has 1 aromatic rings. The maximum atomic E-state index is 8.56. The molecule has 0 saturated heterocycles. The predicted octanol–water partition coefficient (Wildman–Crippen LogP) is 2.80. The van der Waals surface area contributed by atoms with E-state index in [1.807, 2.05) is 36.4 Å². The van der Waals surface area contributed by atoms with Gasteiger partial charge < -0.3 is 0 Å². The molecule has 0 heterocycles. The van der Waals surface area contributed by atoms with Crippen LogP contribution in [0.5, 0.6) is 0 Å². The Morgan fingerprint density at radius 1 is 1.31 bits per heavy atom. The first-order valence-corrected chi connectivity index (χ1v) is 11.6. The molecule has 1 atom stereocenters. The minimum atomic E-state index is -2.11. The zero-order chi connectivity index (χ0) is 11.8. The molecule has 0 aromatic heterocycles. The number of benzene rings is 1. The van der Waals surface area contributed by atoms with Crippen LogP contribution in [-0.2, 0) is 4.74 Å². The molecular weight excluding hydrogens is 308 g/mol. The monoisotopic (exact) mass is 321 g/mol. The van der Waals surface area contributed by atoms with Crippen molar-refractivity contribution in [3.63, 3.8) is 0 Å². The van der Waals surface area contributed by atoms with Gasteiger partial charge in [0.15, 0.2) is 0 Å². The van der Waals surface area contributed by atoms with Gasteiger partial charge in [-0.1, -0.05) is 0 Å². The summed E-state index contributed by atoms with van der Waals surface area (Å²) in [6, 6.07) is 9.87. The first-order chi connectivity index (χ1) is 7.75. The van der Waals surface area contributed by atoms with E-state index >= 15 is 0 Å². The van der Waals surface area contributed by atoms with Gasteiger partial charge in [-0.05, 0) is 0 Å². The third kappa shape index (κ3) is 4.79. The molecule has 0 fully saturated rings. The Morgan fingerprint density at radius 3 is 2.56 bits per heavy atom. The molecule has 16 heavy (non-hydrogen) atoms. The van der Waals surface area contributed by atoms with Crippen molar-refractivity contribution >= 4 is 32.5 Å². The van der Waals surface area contributed by atoms with Gasteiger partial charge in [0.05, 0.1) is 0 Å². The van der Waals surface area contributed by atoms with E-state index in [1.54, 1.807) is 6.26 Å². The van der Waals surface area contributed by atoms with Crippen LogP contribution in [0.3, 0.4) is 0 Å². The number of aliphatic hydroxyl groups is 1. The number of ether oxygens (including phenoxy) is 1. The number of hydrogen-bond donors (Lipinski definition) is 1. The average Bonchev–Trinajstić information content (AvgIpc) is 2.30. The number of hydrogen-bond acceptors (Lipinski definition) is 2. The van der Waals surface area contributed by atoms with Crippen molar-refractivity contribution in [2.24, 2.45) is 0 Å². The van der Waals surface area contributed by atoms with Crippen molar-refractivity contribution in [1.29, 1.82) is 0 Å². The fraction of sp³-hybridized carbons (Fsp3) is 0.273. The number of allylic oxidation sites excluding steroid dienone is 1. The second-order valence-electron chi connectivity index (χ2n) is 3.10. The summed E-state index contributed by atoms with van der Waals surface area (Å²) in [6.07, 6.45) is 3.42. The van der Waals surface area contributed by atoms with Crippen LogP contribution in [-0.4, -0.2) is 30.8 Å². The van der Waals surface area contributed by atoms with Crippen molar-refractivity contribution < 1.29 is 9.84 Å². The number of halogens is 2. The normalized spacial score (nSPS) is 13.2. The minimum absolute atomic E-state index is 0.00519. The second kappa shape index (κ2) is 8.01. The number of rotatable bonds is 6. The standard InChI is InChI=1S/C11H13Cl2GeO2/c12-14(13)11(6-8-16-9-7-15)10-4-2-1-3-5-10/h1-6,8,11,15H,7,9H2/b8-6-. The first-order valence-electron chi connectivity index (χ1n) is 4.87. The van der Waals surface area contributed by atoms with Gasteiger partial charge >= 0.3 is 109 Å². The van der Waals surface area contributed by atoms with Gasteiger partial charge in [-0.3, -0.25) is 0 Å². The van der Waals surface area contributed by atoms with Gasteiger partial charge in [0, 0.05) is 0 Å². The molecule has 1 rings (SSSR count). The molecule has 0 bridgehead atoms. The summed E-state index contributed by atoms with van der Waals surface area (Å²) in [5.74, 6) is 0. The zero-order valence-corrected chi connectivity index (χ0v) is 12.3. The van der Waals surface area contributed by atoms with Crippen LogP contribution in [0.2, 0.25) is 0 Å². The van der Waals surface area contributed by atoms with Gasteiger partial charge in [0.2, 0.25) is 0 Å². The molecule has 0 amide bonds. The van der Waals surface area contributed by atoms with Crippen LogP contribution in [0.25, 0.3) is 0 Å². The molecule has 1 N–H and O–H groups in total. The molecule has 1 radical (unpaired) electrons. The Labute approximate surface area is 108 Å². The summed E-state index contributed by atoms with van der Waals surface area (Å²) in [7, 11) is 12.1. The van der Waals surface area contributed by atoms with Crippen LogP contribution in [0.15, 0.2) is 42.7 Å². The van der Waals surface area contributed by atoms with Crippen LogP contribution >= 0.6 is 20.0 Å². The Kier molecular flexibility index (Phi) is 6.96. The van der Waals surface area contributed by atoms with Gasteiger partial charge in [-0.2, -0.15) is 0 Å². The van der Waals surface area contributed by atoms with E-state index in [0.717, 1.165) is 5.56 Å². The second-order valence-corrected chi connectivity index (χ2v) is 10.9. The Hall–Kier alpha value is -0.157. The zero-order valence-electron chi connectivity index (χ0n) is 8.64. The van der Waals surface area contributed by atoms with Crippen molar-refractivity contribution in [1.82, 2.24) is 0 Å². The molecule has 0 aliphatic rings. The molecule has 0 aliphatic heterocycles. The first kappa shape index (κ1) is 13.9. The van der Waals surface area contributed by atoms with Crippen molar-refractivity contribution in [3.8, 4) is 0 Å². The molecule has 2 nitrogen and oxygen atoms in total. The molecule has 1 unspecified atom stereocenters. The fourth-order valence-corrected chi connectivity index (χ4v) is 4.69. The summed E-state index contributed by atoms with van der Waals surface area (Å²) in [5.41, 5.74) is 1.10. The van der Waals surface area contributed by atoms with Crippen molar-refractivity contribution in [2.45, 2.75) is 4.75 Å². The fourth-order valence-electron chi connectivity index (χ4n) is 1.23. The SMILES string of the molecule is OCCO/C=C\[CH](c1ccccc1)[Ge]([Cl])[Cl]. The van der Waals surface area contributed by atoms with E-state index < -0.39 is 12.5 Å². The summed E-state index contributed by atoms with van der Waals surface area (Å²) in [5, 5.41) is 8.56. The van der Waals surface area contributed by atoms with E-state index in [1.165, 1.54) is 0 Å². The molecule has 0 aliphatic carbocycles. The van der Waals surface area contributed by atoms with E-state index in [0.29, 0.717) is 0 Å². The average molecular weight is 321 g/mol. The van der Waals surface area contributed by atoms with Gasteiger partial charge in [0.25, 0.3) is 0 Å². The summed E-state index contributed by atoms with van der Waals surface area (Å²) in [6.45, 7) is 0.295. The van der Waals surface area contributed by atoms with Crippen molar-refractivity contribution in [2.75, 3.05) is 13.2 Å². The number of aliphatic hydroxyl groups excluding tert-OH is 1. The quantitative estimate of drug-likeness (QED) is 0.496. The third-order valence-electron chi connectivity index (χ3n) is 1.97. The van der Waals surface area contributed by atoms with Gasteiger partial charge in [-0.15, -0.1) is 0 Å². The van der Waals surface area contributed by atoms with E-state index in [9.17, 15) is 0 Å². The summed E-state index contributed by atoms with van der Waals surface area (Å²) in [4.78, 5) is 0. The maximum absolute atomic E-state index is 8.56.